The number of aryl methyl sites for hydroxylation is 1. The van der Waals surface area contributed by atoms with Gasteiger partial charge < -0.3 is 5.73 Å². The van der Waals surface area contributed by atoms with Crippen LogP contribution >= 0.6 is 0 Å². The second-order valence-electron chi connectivity index (χ2n) is 7.32. The quantitative estimate of drug-likeness (QED) is 0.904. The first-order chi connectivity index (χ1) is 9.21. The van der Waals surface area contributed by atoms with Crippen LogP contribution in [0.15, 0.2) is 12.3 Å². The van der Waals surface area contributed by atoms with E-state index < -0.39 is 0 Å². The van der Waals surface area contributed by atoms with Crippen LogP contribution < -0.4 is 5.73 Å². The fourth-order valence-electron chi connectivity index (χ4n) is 5.51. The summed E-state index contributed by atoms with van der Waals surface area (Å²) >= 11 is 0. The van der Waals surface area contributed by atoms with E-state index in [1.54, 1.807) is 12.3 Å². The molecule has 4 fully saturated rings. The predicted molar refractivity (Wildman–Crippen MR) is 75.4 cm³/mol. The third-order valence-electron chi connectivity index (χ3n) is 5.77. The van der Waals surface area contributed by atoms with Gasteiger partial charge >= 0.3 is 0 Å². The highest BCUT2D eigenvalue weighted by Gasteiger charge is 2.50. The molecule has 4 aliphatic carbocycles. The Balaban J connectivity index is 1.48. The molecule has 0 radical (unpaired) electrons. The Labute approximate surface area is 115 Å². The zero-order chi connectivity index (χ0) is 12.9. The fraction of sp³-hybridized carbons (Fsp3) is 0.750. The van der Waals surface area contributed by atoms with Crippen molar-refractivity contribution in [3.8, 4) is 0 Å². The molecule has 1 aromatic heterocycles. The Morgan fingerprint density at radius 2 is 1.74 bits per heavy atom. The van der Waals surface area contributed by atoms with Gasteiger partial charge in [-0.3, -0.25) is 0 Å². The molecule has 2 N–H and O–H groups in total. The van der Waals surface area contributed by atoms with Gasteiger partial charge in [-0.15, -0.1) is 0 Å². The summed E-state index contributed by atoms with van der Waals surface area (Å²) in [7, 11) is 0. The second-order valence-corrected chi connectivity index (χ2v) is 7.32. The van der Waals surface area contributed by atoms with Crippen LogP contribution in [0.4, 0.5) is 5.82 Å². The standard InChI is InChI=1S/C16H23N3/c17-14-2-4-18-15(19-14)1-3-16-8-11-5-12(9-16)7-13(6-11)10-16/h2,4,11-13H,1,3,5-10H2,(H2,17,18,19). The van der Waals surface area contributed by atoms with E-state index in [9.17, 15) is 0 Å². The van der Waals surface area contributed by atoms with Gasteiger partial charge in [0, 0.05) is 12.6 Å². The maximum Gasteiger partial charge on any atom is 0.130 e. The van der Waals surface area contributed by atoms with Crippen molar-refractivity contribution in [2.24, 2.45) is 23.2 Å². The molecule has 0 aliphatic heterocycles. The Hall–Kier alpha value is -1.12. The topological polar surface area (TPSA) is 51.8 Å². The molecule has 3 heteroatoms. The number of rotatable bonds is 3. The average Bonchev–Trinajstić information content (AvgIpc) is 2.35. The lowest BCUT2D eigenvalue weighted by molar-refractivity contribution is -0.0572. The van der Waals surface area contributed by atoms with E-state index in [0.717, 1.165) is 30.0 Å². The van der Waals surface area contributed by atoms with Crippen LogP contribution in [-0.2, 0) is 6.42 Å². The van der Waals surface area contributed by atoms with Gasteiger partial charge in [-0.05, 0) is 74.2 Å². The van der Waals surface area contributed by atoms with Gasteiger partial charge in [0.2, 0.25) is 0 Å². The summed E-state index contributed by atoms with van der Waals surface area (Å²) in [6.45, 7) is 0. The predicted octanol–water partition coefficient (Wildman–Crippen LogP) is 3.21. The summed E-state index contributed by atoms with van der Waals surface area (Å²) in [5.74, 6) is 4.65. The molecular weight excluding hydrogens is 234 g/mol. The first-order valence-electron chi connectivity index (χ1n) is 7.78. The lowest BCUT2D eigenvalue weighted by atomic mass is 9.48. The Morgan fingerprint density at radius 3 is 2.32 bits per heavy atom. The molecule has 4 aliphatic rings. The van der Waals surface area contributed by atoms with E-state index in [4.69, 9.17) is 5.73 Å². The maximum absolute atomic E-state index is 5.74. The molecule has 3 nitrogen and oxygen atoms in total. The number of hydrogen-bond acceptors (Lipinski definition) is 3. The number of nitrogens with zero attached hydrogens (tertiary/aromatic N) is 2. The maximum atomic E-state index is 5.74. The fourth-order valence-corrected chi connectivity index (χ4v) is 5.51. The summed E-state index contributed by atoms with van der Waals surface area (Å²) in [4.78, 5) is 8.72. The molecule has 0 saturated heterocycles. The van der Waals surface area contributed by atoms with Gasteiger partial charge in [-0.25, -0.2) is 9.97 Å². The van der Waals surface area contributed by atoms with Gasteiger partial charge in [-0.2, -0.15) is 0 Å². The lowest BCUT2D eigenvalue weighted by Crippen LogP contribution is -2.46. The Bertz CT molecular complexity index is 447. The molecule has 0 aromatic carbocycles. The van der Waals surface area contributed by atoms with Crippen molar-refractivity contribution in [2.75, 3.05) is 5.73 Å². The average molecular weight is 257 g/mol. The monoisotopic (exact) mass is 257 g/mol. The molecule has 0 atom stereocenters. The minimum absolute atomic E-state index is 0.607. The Kier molecular flexibility index (Phi) is 2.58. The van der Waals surface area contributed by atoms with Crippen molar-refractivity contribution in [3.63, 3.8) is 0 Å². The zero-order valence-corrected chi connectivity index (χ0v) is 11.5. The van der Waals surface area contributed by atoms with E-state index in [0.29, 0.717) is 11.2 Å². The molecule has 0 spiro atoms. The van der Waals surface area contributed by atoms with Gasteiger partial charge in [0.25, 0.3) is 0 Å². The van der Waals surface area contributed by atoms with Gasteiger partial charge in [0.15, 0.2) is 0 Å². The van der Waals surface area contributed by atoms with Crippen LogP contribution in [0, 0.1) is 23.2 Å². The van der Waals surface area contributed by atoms with Crippen LogP contribution in [0.2, 0.25) is 0 Å². The van der Waals surface area contributed by atoms with Crippen LogP contribution in [0.5, 0.6) is 0 Å². The van der Waals surface area contributed by atoms with E-state index in [1.165, 1.54) is 44.9 Å². The van der Waals surface area contributed by atoms with E-state index in [2.05, 4.69) is 9.97 Å². The number of hydrogen-bond donors (Lipinski definition) is 1. The van der Waals surface area contributed by atoms with Gasteiger partial charge in [0.05, 0.1) is 0 Å². The van der Waals surface area contributed by atoms with Crippen molar-refractivity contribution >= 4 is 5.82 Å². The van der Waals surface area contributed by atoms with Gasteiger partial charge in [0.1, 0.15) is 11.6 Å². The van der Waals surface area contributed by atoms with Crippen molar-refractivity contribution in [3.05, 3.63) is 18.1 Å². The first-order valence-corrected chi connectivity index (χ1v) is 7.78. The largest absolute Gasteiger partial charge is 0.384 e. The molecule has 102 valence electrons. The Morgan fingerprint density at radius 1 is 1.11 bits per heavy atom. The van der Waals surface area contributed by atoms with E-state index in [-0.39, 0.29) is 0 Å². The van der Waals surface area contributed by atoms with Gasteiger partial charge in [-0.1, -0.05) is 0 Å². The van der Waals surface area contributed by atoms with Crippen molar-refractivity contribution in [1.29, 1.82) is 0 Å². The highest BCUT2D eigenvalue weighted by atomic mass is 14.9. The van der Waals surface area contributed by atoms with E-state index in [1.807, 2.05) is 0 Å². The van der Waals surface area contributed by atoms with E-state index >= 15 is 0 Å². The summed E-state index contributed by atoms with van der Waals surface area (Å²) < 4.78 is 0. The molecule has 5 rings (SSSR count). The SMILES string of the molecule is Nc1ccnc(CCC23CC4CC(CC(C4)C2)C3)n1. The molecule has 0 amide bonds. The normalized spacial score (nSPS) is 39.7. The molecule has 0 unspecified atom stereocenters. The first kappa shape index (κ1) is 11.7. The van der Waals surface area contributed by atoms with Crippen LogP contribution in [0.3, 0.4) is 0 Å². The molecule has 1 aromatic rings. The molecule has 4 saturated carbocycles. The third kappa shape index (κ3) is 2.13. The van der Waals surface area contributed by atoms with Crippen molar-refractivity contribution in [2.45, 2.75) is 51.4 Å². The highest BCUT2D eigenvalue weighted by molar-refractivity contribution is 5.25. The molecular formula is C16H23N3. The zero-order valence-electron chi connectivity index (χ0n) is 11.5. The molecule has 1 heterocycles. The number of nitrogen functional groups attached to an aromatic ring is 1. The highest BCUT2D eigenvalue weighted by Crippen LogP contribution is 2.61. The molecule has 4 bridgehead atoms. The number of nitrogens with two attached hydrogens (primary N) is 1. The summed E-state index contributed by atoms with van der Waals surface area (Å²) in [6.07, 6.45) is 13.1. The minimum atomic E-state index is 0.607. The number of anilines is 1. The lowest BCUT2D eigenvalue weighted by Gasteiger charge is -2.57. The molecule has 19 heavy (non-hydrogen) atoms. The second kappa shape index (κ2) is 4.19. The summed E-state index contributed by atoms with van der Waals surface area (Å²) in [5.41, 5.74) is 6.37. The summed E-state index contributed by atoms with van der Waals surface area (Å²) in [6, 6.07) is 1.77. The van der Waals surface area contributed by atoms with Crippen LogP contribution in [-0.4, -0.2) is 9.97 Å². The summed E-state index contributed by atoms with van der Waals surface area (Å²) in [5, 5.41) is 0. The number of aromatic nitrogens is 2. The van der Waals surface area contributed by atoms with Crippen molar-refractivity contribution in [1.82, 2.24) is 9.97 Å². The van der Waals surface area contributed by atoms with Crippen molar-refractivity contribution < 1.29 is 0 Å². The minimum Gasteiger partial charge on any atom is -0.384 e. The van der Waals surface area contributed by atoms with Crippen LogP contribution in [0.25, 0.3) is 0 Å². The van der Waals surface area contributed by atoms with Crippen LogP contribution in [0.1, 0.15) is 50.8 Å². The smallest absolute Gasteiger partial charge is 0.130 e. The third-order valence-corrected chi connectivity index (χ3v) is 5.77.